The highest BCUT2D eigenvalue weighted by Gasteiger charge is 2.20. The van der Waals surface area contributed by atoms with Crippen LogP contribution in [0.5, 0.6) is 0 Å². The van der Waals surface area contributed by atoms with Crippen LogP contribution in [0.4, 0.5) is 0 Å². The first-order valence-corrected chi connectivity index (χ1v) is 10.4. The van der Waals surface area contributed by atoms with Crippen molar-refractivity contribution >= 4 is 11.6 Å². The Kier molecular flexibility index (Phi) is 4.96. The maximum Gasteiger partial charge on any atom is 0.0613 e. The Bertz CT molecular complexity index is 1260. The fourth-order valence-electron chi connectivity index (χ4n) is 3.91. The first-order chi connectivity index (χ1) is 14.8. The SMILES string of the molecule is Clc1ccc(-c2cc(-c3ccccc3)c(-c3ccccc3)n2-c2ccccc2)cc1. The van der Waals surface area contributed by atoms with Gasteiger partial charge in [0.2, 0.25) is 0 Å². The molecular formula is C28H20ClN. The fourth-order valence-corrected chi connectivity index (χ4v) is 4.03. The molecule has 30 heavy (non-hydrogen) atoms. The van der Waals surface area contributed by atoms with Crippen LogP contribution in [0.25, 0.3) is 39.3 Å². The van der Waals surface area contributed by atoms with E-state index >= 15 is 0 Å². The number of para-hydroxylation sites is 1. The van der Waals surface area contributed by atoms with Crippen molar-refractivity contribution in [3.05, 3.63) is 126 Å². The highest BCUT2D eigenvalue weighted by atomic mass is 35.5. The Morgan fingerprint density at radius 1 is 0.500 bits per heavy atom. The van der Waals surface area contributed by atoms with Gasteiger partial charge in [0.05, 0.1) is 11.4 Å². The Labute approximate surface area is 181 Å². The van der Waals surface area contributed by atoms with Crippen molar-refractivity contribution < 1.29 is 0 Å². The zero-order chi connectivity index (χ0) is 20.3. The summed E-state index contributed by atoms with van der Waals surface area (Å²) in [7, 11) is 0. The molecule has 0 aliphatic carbocycles. The Balaban J connectivity index is 1.88. The molecule has 5 rings (SSSR count). The molecule has 0 spiro atoms. The summed E-state index contributed by atoms with van der Waals surface area (Å²) in [6.07, 6.45) is 0. The minimum atomic E-state index is 0.739. The highest BCUT2D eigenvalue weighted by molar-refractivity contribution is 6.30. The average molecular weight is 406 g/mol. The first kappa shape index (κ1) is 18.5. The van der Waals surface area contributed by atoms with Crippen molar-refractivity contribution in [1.29, 1.82) is 0 Å². The Hall–Kier alpha value is -3.55. The molecule has 1 heterocycles. The summed E-state index contributed by atoms with van der Waals surface area (Å²) in [5.41, 5.74) is 8.15. The lowest BCUT2D eigenvalue weighted by molar-refractivity contribution is 1.10. The topological polar surface area (TPSA) is 4.93 Å². The molecule has 0 amide bonds. The monoisotopic (exact) mass is 405 g/mol. The lowest BCUT2D eigenvalue weighted by Crippen LogP contribution is -1.99. The van der Waals surface area contributed by atoms with E-state index in [-0.39, 0.29) is 0 Å². The van der Waals surface area contributed by atoms with Crippen molar-refractivity contribution in [2.75, 3.05) is 0 Å². The molecule has 0 saturated carbocycles. The molecule has 0 bridgehead atoms. The predicted octanol–water partition coefficient (Wildman–Crippen LogP) is 8.13. The molecule has 1 aromatic heterocycles. The molecule has 0 N–H and O–H groups in total. The second kappa shape index (κ2) is 8.06. The van der Waals surface area contributed by atoms with E-state index in [1.807, 2.05) is 12.1 Å². The van der Waals surface area contributed by atoms with E-state index < -0.39 is 0 Å². The third-order valence-electron chi connectivity index (χ3n) is 5.29. The molecule has 2 heteroatoms. The van der Waals surface area contributed by atoms with E-state index in [1.54, 1.807) is 0 Å². The summed E-state index contributed by atoms with van der Waals surface area (Å²) < 4.78 is 2.35. The number of hydrogen-bond donors (Lipinski definition) is 0. The van der Waals surface area contributed by atoms with E-state index in [1.165, 1.54) is 22.4 Å². The van der Waals surface area contributed by atoms with E-state index in [4.69, 9.17) is 11.6 Å². The van der Waals surface area contributed by atoms with E-state index in [2.05, 4.69) is 114 Å². The van der Waals surface area contributed by atoms with Gasteiger partial charge < -0.3 is 4.57 Å². The second-order valence-electron chi connectivity index (χ2n) is 7.20. The Morgan fingerprint density at radius 2 is 1.03 bits per heavy atom. The number of hydrogen-bond acceptors (Lipinski definition) is 0. The van der Waals surface area contributed by atoms with E-state index in [0.29, 0.717) is 0 Å². The summed E-state index contributed by atoms with van der Waals surface area (Å²) in [5, 5.41) is 0.739. The van der Waals surface area contributed by atoms with Crippen molar-refractivity contribution in [2.24, 2.45) is 0 Å². The zero-order valence-electron chi connectivity index (χ0n) is 16.4. The number of rotatable bonds is 4. The van der Waals surface area contributed by atoms with Gasteiger partial charge in [-0.3, -0.25) is 0 Å². The van der Waals surface area contributed by atoms with Crippen LogP contribution in [-0.2, 0) is 0 Å². The van der Waals surface area contributed by atoms with Crippen LogP contribution in [0.3, 0.4) is 0 Å². The average Bonchev–Trinajstić information content (AvgIpc) is 3.22. The minimum absolute atomic E-state index is 0.739. The molecular weight excluding hydrogens is 386 g/mol. The molecule has 4 aromatic carbocycles. The number of benzene rings is 4. The summed E-state index contributed by atoms with van der Waals surface area (Å²) in [6, 6.07) is 42.0. The van der Waals surface area contributed by atoms with Gasteiger partial charge in [-0.2, -0.15) is 0 Å². The number of halogens is 1. The molecule has 0 aliphatic rings. The van der Waals surface area contributed by atoms with Crippen LogP contribution in [0, 0.1) is 0 Å². The predicted molar refractivity (Wildman–Crippen MR) is 127 cm³/mol. The van der Waals surface area contributed by atoms with Gasteiger partial charge in [0.15, 0.2) is 0 Å². The van der Waals surface area contributed by atoms with E-state index in [0.717, 1.165) is 22.0 Å². The van der Waals surface area contributed by atoms with Crippen LogP contribution in [0.15, 0.2) is 121 Å². The smallest absolute Gasteiger partial charge is 0.0613 e. The highest BCUT2D eigenvalue weighted by Crippen LogP contribution is 2.41. The number of nitrogens with zero attached hydrogens (tertiary/aromatic N) is 1. The standard InChI is InChI=1S/C28H20ClN/c29-24-18-16-22(17-19-24)27-20-26(21-10-4-1-5-11-21)28(23-12-6-2-7-13-23)30(27)25-14-8-3-9-15-25/h1-20H. The maximum atomic E-state index is 6.18. The van der Waals surface area contributed by atoms with Gasteiger partial charge in [0.25, 0.3) is 0 Å². The lowest BCUT2D eigenvalue weighted by atomic mass is 10.0. The van der Waals surface area contributed by atoms with Crippen LogP contribution in [-0.4, -0.2) is 4.57 Å². The molecule has 5 aromatic rings. The van der Waals surface area contributed by atoms with Crippen LogP contribution >= 0.6 is 11.6 Å². The van der Waals surface area contributed by atoms with Crippen LogP contribution in [0.1, 0.15) is 0 Å². The van der Waals surface area contributed by atoms with Gasteiger partial charge in [-0.1, -0.05) is 103 Å². The second-order valence-corrected chi connectivity index (χ2v) is 7.64. The van der Waals surface area contributed by atoms with Gasteiger partial charge >= 0.3 is 0 Å². The van der Waals surface area contributed by atoms with Crippen molar-refractivity contribution in [2.45, 2.75) is 0 Å². The summed E-state index contributed by atoms with van der Waals surface area (Å²) in [4.78, 5) is 0. The summed E-state index contributed by atoms with van der Waals surface area (Å²) in [6.45, 7) is 0. The molecule has 0 unspecified atom stereocenters. The van der Waals surface area contributed by atoms with E-state index in [9.17, 15) is 0 Å². The Morgan fingerprint density at radius 3 is 1.63 bits per heavy atom. The molecule has 1 nitrogen and oxygen atoms in total. The third-order valence-corrected chi connectivity index (χ3v) is 5.54. The molecule has 0 atom stereocenters. The normalized spacial score (nSPS) is 10.8. The van der Waals surface area contributed by atoms with Crippen molar-refractivity contribution in [3.63, 3.8) is 0 Å². The van der Waals surface area contributed by atoms with Gasteiger partial charge in [-0.05, 0) is 47.0 Å². The van der Waals surface area contributed by atoms with Gasteiger partial charge in [0, 0.05) is 16.3 Å². The maximum absolute atomic E-state index is 6.18. The molecule has 0 saturated heterocycles. The molecule has 144 valence electrons. The summed E-state index contributed by atoms with van der Waals surface area (Å²) >= 11 is 6.18. The zero-order valence-corrected chi connectivity index (χ0v) is 17.1. The van der Waals surface area contributed by atoms with Gasteiger partial charge in [-0.25, -0.2) is 0 Å². The van der Waals surface area contributed by atoms with Crippen molar-refractivity contribution in [1.82, 2.24) is 4.57 Å². The number of aromatic nitrogens is 1. The van der Waals surface area contributed by atoms with Gasteiger partial charge in [-0.15, -0.1) is 0 Å². The largest absolute Gasteiger partial charge is 0.309 e. The third kappa shape index (κ3) is 3.45. The fraction of sp³-hybridized carbons (Fsp3) is 0. The quantitative estimate of drug-likeness (QED) is 0.284. The van der Waals surface area contributed by atoms with Crippen LogP contribution < -0.4 is 0 Å². The van der Waals surface area contributed by atoms with Crippen LogP contribution in [0.2, 0.25) is 5.02 Å². The first-order valence-electron chi connectivity index (χ1n) is 9.99. The molecule has 0 aliphatic heterocycles. The van der Waals surface area contributed by atoms with Crippen molar-refractivity contribution in [3.8, 4) is 39.3 Å². The summed E-state index contributed by atoms with van der Waals surface area (Å²) in [5.74, 6) is 0. The van der Waals surface area contributed by atoms with Gasteiger partial charge in [0.1, 0.15) is 0 Å². The molecule has 0 fully saturated rings. The lowest BCUT2D eigenvalue weighted by Gasteiger charge is -2.15. The minimum Gasteiger partial charge on any atom is -0.309 e. The molecule has 0 radical (unpaired) electrons.